The number of hydrogen-bond acceptors (Lipinski definition) is 4. The average molecular weight is 286 g/mol. The number of nitro benzene ring substituents is 1. The molecule has 0 unspecified atom stereocenters. The van der Waals surface area contributed by atoms with Gasteiger partial charge < -0.3 is 10.1 Å². The molecule has 108 valence electrons. The summed E-state index contributed by atoms with van der Waals surface area (Å²) in [5, 5.41) is 13.5. The molecule has 21 heavy (non-hydrogen) atoms. The average Bonchev–Trinajstić information content (AvgIpc) is 2.48. The molecule has 0 bridgehead atoms. The van der Waals surface area contributed by atoms with Crippen molar-refractivity contribution in [2.75, 3.05) is 12.4 Å². The molecular formula is C15H14N2O4. The van der Waals surface area contributed by atoms with E-state index < -0.39 is 10.8 Å². The van der Waals surface area contributed by atoms with Gasteiger partial charge in [-0.05, 0) is 24.6 Å². The second-order valence-corrected chi connectivity index (χ2v) is 4.41. The van der Waals surface area contributed by atoms with Gasteiger partial charge in [0, 0.05) is 17.8 Å². The molecule has 1 N–H and O–H groups in total. The molecule has 0 saturated heterocycles. The van der Waals surface area contributed by atoms with Crippen LogP contribution in [0, 0.1) is 17.0 Å². The Morgan fingerprint density at radius 1 is 1.24 bits per heavy atom. The zero-order valence-corrected chi connectivity index (χ0v) is 11.6. The number of benzene rings is 2. The molecule has 0 aliphatic heterocycles. The number of anilines is 1. The van der Waals surface area contributed by atoms with E-state index in [-0.39, 0.29) is 17.0 Å². The lowest BCUT2D eigenvalue weighted by Crippen LogP contribution is -2.14. The number of carbonyl (C=O) groups excluding carboxylic acids is 1. The summed E-state index contributed by atoms with van der Waals surface area (Å²) in [6, 6.07) is 11.2. The van der Waals surface area contributed by atoms with E-state index in [4.69, 9.17) is 4.74 Å². The molecule has 0 atom stereocenters. The van der Waals surface area contributed by atoms with E-state index in [1.54, 1.807) is 12.1 Å². The van der Waals surface area contributed by atoms with E-state index in [2.05, 4.69) is 5.32 Å². The number of amides is 1. The van der Waals surface area contributed by atoms with Crippen LogP contribution in [0.2, 0.25) is 0 Å². The molecule has 0 fully saturated rings. The van der Waals surface area contributed by atoms with Crippen LogP contribution in [0.4, 0.5) is 11.4 Å². The van der Waals surface area contributed by atoms with Gasteiger partial charge in [-0.3, -0.25) is 14.9 Å². The molecule has 0 saturated carbocycles. The van der Waals surface area contributed by atoms with Crippen LogP contribution in [0.15, 0.2) is 42.5 Å². The van der Waals surface area contributed by atoms with E-state index in [1.165, 1.54) is 25.3 Å². The lowest BCUT2D eigenvalue weighted by molar-refractivity contribution is -0.384. The molecule has 2 aromatic carbocycles. The smallest absolute Gasteiger partial charge is 0.270 e. The van der Waals surface area contributed by atoms with Gasteiger partial charge in [0.15, 0.2) is 0 Å². The van der Waals surface area contributed by atoms with Gasteiger partial charge in [0.05, 0.1) is 17.6 Å². The number of para-hydroxylation sites is 1. The van der Waals surface area contributed by atoms with Crippen LogP contribution in [-0.2, 0) is 0 Å². The summed E-state index contributed by atoms with van der Waals surface area (Å²) in [6.07, 6.45) is 0. The fraction of sp³-hybridized carbons (Fsp3) is 0.133. The first-order chi connectivity index (χ1) is 10.0. The van der Waals surface area contributed by atoms with Crippen LogP contribution in [0.3, 0.4) is 0 Å². The summed E-state index contributed by atoms with van der Waals surface area (Å²) in [4.78, 5) is 22.6. The van der Waals surface area contributed by atoms with Gasteiger partial charge in [-0.1, -0.05) is 18.2 Å². The van der Waals surface area contributed by atoms with E-state index in [9.17, 15) is 14.9 Å². The highest BCUT2D eigenvalue weighted by atomic mass is 16.6. The monoisotopic (exact) mass is 286 g/mol. The molecule has 1 amide bonds. The first-order valence-corrected chi connectivity index (χ1v) is 6.22. The van der Waals surface area contributed by atoms with Gasteiger partial charge in [0.2, 0.25) is 0 Å². The van der Waals surface area contributed by atoms with Crippen molar-refractivity contribution in [2.45, 2.75) is 6.92 Å². The summed E-state index contributed by atoms with van der Waals surface area (Å²) in [5.74, 6) is -0.170. The third kappa shape index (κ3) is 3.17. The summed E-state index contributed by atoms with van der Waals surface area (Å²) in [5.41, 5.74) is 1.51. The third-order valence-corrected chi connectivity index (χ3v) is 3.03. The van der Waals surface area contributed by atoms with Gasteiger partial charge in [-0.25, -0.2) is 0 Å². The van der Waals surface area contributed by atoms with Crippen molar-refractivity contribution in [2.24, 2.45) is 0 Å². The SMILES string of the molecule is COc1ccc([N+](=O)[O-])cc1C(=O)Nc1ccccc1C. The minimum absolute atomic E-state index is 0.120. The molecule has 0 aliphatic rings. The summed E-state index contributed by atoms with van der Waals surface area (Å²) in [6.45, 7) is 1.86. The van der Waals surface area contributed by atoms with Crippen molar-refractivity contribution < 1.29 is 14.5 Å². The maximum Gasteiger partial charge on any atom is 0.270 e. The highest BCUT2D eigenvalue weighted by molar-refractivity contribution is 6.06. The number of rotatable bonds is 4. The van der Waals surface area contributed by atoms with Crippen molar-refractivity contribution in [3.63, 3.8) is 0 Å². The molecule has 6 heteroatoms. The fourth-order valence-electron chi connectivity index (χ4n) is 1.89. The molecule has 0 radical (unpaired) electrons. The lowest BCUT2D eigenvalue weighted by atomic mass is 10.1. The molecule has 0 aromatic heterocycles. The molecular weight excluding hydrogens is 272 g/mol. The topological polar surface area (TPSA) is 81.5 Å². The van der Waals surface area contributed by atoms with Crippen molar-refractivity contribution in [1.29, 1.82) is 0 Å². The van der Waals surface area contributed by atoms with Crippen LogP contribution < -0.4 is 10.1 Å². The molecule has 0 spiro atoms. The molecule has 2 rings (SSSR count). The second kappa shape index (κ2) is 6.04. The van der Waals surface area contributed by atoms with Crippen LogP contribution in [0.25, 0.3) is 0 Å². The van der Waals surface area contributed by atoms with Crippen LogP contribution >= 0.6 is 0 Å². The Kier molecular flexibility index (Phi) is 4.18. The molecule has 2 aromatic rings. The maximum atomic E-state index is 12.3. The predicted molar refractivity (Wildman–Crippen MR) is 78.8 cm³/mol. The maximum absolute atomic E-state index is 12.3. The van der Waals surface area contributed by atoms with Gasteiger partial charge in [-0.15, -0.1) is 0 Å². The summed E-state index contributed by atoms with van der Waals surface area (Å²) >= 11 is 0. The number of carbonyl (C=O) groups is 1. The van der Waals surface area contributed by atoms with Crippen molar-refractivity contribution in [3.8, 4) is 5.75 Å². The van der Waals surface area contributed by atoms with E-state index in [0.717, 1.165) is 5.56 Å². The van der Waals surface area contributed by atoms with Gasteiger partial charge in [-0.2, -0.15) is 0 Å². The third-order valence-electron chi connectivity index (χ3n) is 3.03. The Morgan fingerprint density at radius 2 is 1.95 bits per heavy atom. The Bertz CT molecular complexity index is 698. The number of nitro groups is 1. The van der Waals surface area contributed by atoms with Gasteiger partial charge in [0.25, 0.3) is 11.6 Å². The number of non-ortho nitro benzene ring substituents is 1. The largest absolute Gasteiger partial charge is 0.496 e. The van der Waals surface area contributed by atoms with E-state index in [1.807, 2.05) is 19.1 Å². The Hall–Kier alpha value is -2.89. The van der Waals surface area contributed by atoms with Gasteiger partial charge >= 0.3 is 0 Å². The summed E-state index contributed by atoms with van der Waals surface area (Å²) in [7, 11) is 1.41. The standard InChI is InChI=1S/C15H14N2O4/c1-10-5-3-4-6-13(10)16-15(18)12-9-11(17(19)20)7-8-14(12)21-2/h3-9H,1-2H3,(H,16,18). The van der Waals surface area contributed by atoms with Crippen LogP contribution in [-0.4, -0.2) is 17.9 Å². The van der Waals surface area contributed by atoms with Gasteiger partial charge in [0.1, 0.15) is 5.75 Å². The number of ether oxygens (including phenoxy) is 1. The number of nitrogens with one attached hydrogen (secondary N) is 1. The van der Waals surface area contributed by atoms with Crippen molar-refractivity contribution >= 4 is 17.3 Å². The zero-order chi connectivity index (χ0) is 15.4. The minimum atomic E-state index is -0.552. The Balaban J connectivity index is 2.36. The number of hydrogen-bond donors (Lipinski definition) is 1. The van der Waals surface area contributed by atoms with Crippen LogP contribution in [0.5, 0.6) is 5.75 Å². The molecule has 0 aliphatic carbocycles. The fourth-order valence-corrected chi connectivity index (χ4v) is 1.89. The number of nitrogens with zero attached hydrogens (tertiary/aromatic N) is 1. The quantitative estimate of drug-likeness (QED) is 0.691. The van der Waals surface area contributed by atoms with Crippen LogP contribution in [0.1, 0.15) is 15.9 Å². The second-order valence-electron chi connectivity index (χ2n) is 4.41. The lowest BCUT2D eigenvalue weighted by Gasteiger charge is -2.10. The zero-order valence-electron chi connectivity index (χ0n) is 11.6. The van der Waals surface area contributed by atoms with E-state index >= 15 is 0 Å². The highest BCUT2D eigenvalue weighted by Crippen LogP contribution is 2.25. The normalized spacial score (nSPS) is 10.0. The van der Waals surface area contributed by atoms with Crippen molar-refractivity contribution in [3.05, 3.63) is 63.7 Å². The highest BCUT2D eigenvalue weighted by Gasteiger charge is 2.18. The van der Waals surface area contributed by atoms with E-state index in [0.29, 0.717) is 5.69 Å². The first-order valence-electron chi connectivity index (χ1n) is 6.22. The number of methoxy groups -OCH3 is 1. The molecule has 6 nitrogen and oxygen atoms in total. The Labute approximate surface area is 121 Å². The van der Waals surface area contributed by atoms with Crippen molar-refractivity contribution in [1.82, 2.24) is 0 Å². The first kappa shape index (κ1) is 14.5. The Morgan fingerprint density at radius 3 is 2.57 bits per heavy atom. The summed E-state index contributed by atoms with van der Waals surface area (Å²) < 4.78 is 5.09. The number of aryl methyl sites for hydroxylation is 1. The minimum Gasteiger partial charge on any atom is -0.496 e. The molecule has 0 heterocycles. The predicted octanol–water partition coefficient (Wildman–Crippen LogP) is 3.16.